The van der Waals surface area contributed by atoms with Crippen LogP contribution in [0.25, 0.3) is 21.9 Å². The minimum Gasteiger partial charge on any atom is -0.490 e. The molecule has 4 aromatic carbocycles. The second-order valence-electron chi connectivity index (χ2n) is 14.1. The zero-order valence-corrected chi connectivity index (χ0v) is 30.9. The molecule has 0 aromatic heterocycles. The first kappa shape index (κ1) is 40.4. The molecule has 2 saturated heterocycles. The number of nitrogens with zero attached hydrogens (tertiary/aromatic N) is 1. The molecule has 9 nitrogen and oxygen atoms in total. The number of alkyl halides is 5. The molecule has 2 bridgehead atoms. The summed E-state index contributed by atoms with van der Waals surface area (Å²) in [5.74, 6) is -6.89. The predicted molar refractivity (Wildman–Crippen MR) is 196 cm³/mol. The first-order valence-corrected chi connectivity index (χ1v) is 19.6. The minimum absolute atomic E-state index is 0.135. The Morgan fingerprint density at radius 3 is 1.91 bits per heavy atom. The highest BCUT2D eigenvalue weighted by Crippen LogP contribution is 2.40. The van der Waals surface area contributed by atoms with Gasteiger partial charge in [0, 0.05) is 28.7 Å². The summed E-state index contributed by atoms with van der Waals surface area (Å²) in [6.45, 7) is 0. The lowest BCUT2D eigenvalue weighted by molar-refractivity contribution is -0.192. The minimum atomic E-state index is -5.08. The average molecular weight is 808 g/mol. The zero-order chi connectivity index (χ0) is 39.7. The van der Waals surface area contributed by atoms with Crippen molar-refractivity contribution in [3.05, 3.63) is 95.5 Å². The van der Waals surface area contributed by atoms with Gasteiger partial charge < -0.3 is 20.5 Å². The van der Waals surface area contributed by atoms with Gasteiger partial charge in [0.25, 0.3) is 5.92 Å². The number of carbonyl (C=O) groups excluding carboxylic acids is 1. The molecule has 0 radical (unpaired) electrons. The smallest absolute Gasteiger partial charge is 0.490 e. The number of ether oxygens (including phenoxy) is 1. The largest absolute Gasteiger partial charge is 0.490 e. The number of nitrogens with one attached hydrogen (secondary N) is 1. The molecule has 3 atom stereocenters. The van der Waals surface area contributed by atoms with Crippen LogP contribution in [-0.2, 0) is 25.5 Å². The number of rotatable bonds is 9. The summed E-state index contributed by atoms with van der Waals surface area (Å²) >= 11 is 6.00. The SMILES string of the molecule is NC1CC2CCC(C1)N2C(=O)C(NS(=O)(=O)c1ccc2cc(OC3CCCC3)ccc2c1)C(F)(F)c1ccc(-c2ccc(Cl)cc2)cc1.O=C(O)C(F)(F)F. The normalized spacial score (nSPS) is 20.9. The van der Waals surface area contributed by atoms with Crippen molar-refractivity contribution in [1.82, 2.24) is 9.62 Å². The number of nitrogens with two attached hydrogens (primary N) is 1. The maximum absolute atomic E-state index is 16.6. The standard InChI is InChI=1S/C37H38ClF2N3O4S.C2HF3O2/c38-28-13-7-24(8-14-28)23-5-11-27(12-6-23)37(39,40)35(36(44)43-30-15-16-31(43)22-29(41)21-30)42-48(45,46)34-18-10-25-19-33(17-9-26(25)20-34)47-32-3-1-2-4-32;3-2(4,5)1(6)7/h5-14,17-20,29-32,35,42H,1-4,15-16,21-22,41H2;(H,6,7). The summed E-state index contributed by atoms with van der Waals surface area (Å²) in [7, 11) is -4.58. The Kier molecular flexibility index (Phi) is 11.8. The van der Waals surface area contributed by atoms with Gasteiger partial charge in [0.15, 0.2) is 6.04 Å². The van der Waals surface area contributed by atoms with Crippen molar-refractivity contribution in [2.75, 3.05) is 0 Å². The van der Waals surface area contributed by atoms with Crippen LogP contribution in [0.15, 0.2) is 89.8 Å². The van der Waals surface area contributed by atoms with E-state index in [9.17, 15) is 26.4 Å². The second kappa shape index (κ2) is 16.0. The third-order valence-corrected chi connectivity index (χ3v) is 12.0. The number of halogens is 6. The maximum Gasteiger partial charge on any atom is 0.490 e. The van der Waals surface area contributed by atoms with Crippen molar-refractivity contribution < 1.29 is 49.8 Å². The number of carbonyl (C=O) groups is 2. The molecule has 2 heterocycles. The van der Waals surface area contributed by atoms with E-state index in [4.69, 9.17) is 32.0 Å². The topological polar surface area (TPSA) is 139 Å². The molecule has 1 aliphatic carbocycles. The summed E-state index contributed by atoms with van der Waals surface area (Å²) in [6, 6.07) is 19.2. The Labute approximate surface area is 319 Å². The molecule has 0 spiro atoms. The van der Waals surface area contributed by atoms with E-state index in [-0.39, 0.29) is 29.1 Å². The van der Waals surface area contributed by atoms with Crippen molar-refractivity contribution >= 4 is 44.3 Å². The monoisotopic (exact) mass is 807 g/mol. The summed E-state index contributed by atoms with van der Waals surface area (Å²) in [5, 5.41) is 9.03. The highest BCUT2D eigenvalue weighted by atomic mass is 35.5. The van der Waals surface area contributed by atoms with E-state index >= 15 is 8.78 Å². The first-order valence-electron chi connectivity index (χ1n) is 17.8. The number of hydrogen-bond donors (Lipinski definition) is 3. The molecule has 1 amide bonds. The number of sulfonamides is 1. The number of benzene rings is 4. The summed E-state index contributed by atoms with van der Waals surface area (Å²) < 4.78 is 101. The third kappa shape index (κ3) is 9.22. The predicted octanol–water partition coefficient (Wildman–Crippen LogP) is 8.03. The third-order valence-electron chi connectivity index (χ3n) is 10.3. The Hall–Kier alpha value is -4.31. The van der Waals surface area contributed by atoms with Crippen LogP contribution in [0, 0.1) is 0 Å². The molecule has 7 rings (SSSR count). The second-order valence-corrected chi connectivity index (χ2v) is 16.3. The van der Waals surface area contributed by atoms with Gasteiger partial charge in [0.2, 0.25) is 15.9 Å². The number of piperidine rings is 1. The summed E-state index contributed by atoms with van der Waals surface area (Å²) in [6.07, 6.45) is 1.62. The van der Waals surface area contributed by atoms with Crippen LogP contribution < -0.4 is 15.2 Å². The van der Waals surface area contributed by atoms with Crippen molar-refractivity contribution in [3.8, 4) is 16.9 Å². The molecule has 55 heavy (non-hydrogen) atoms. The summed E-state index contributed by atoms with van der Waals surface area (Å²) in [4.78, 5) is 24.3. The number of amides is 1. The Balaban J connectivity index is 0.000000672. The van der Waals surface area contributed by atoms with E-state index in [2.05, 4.69) is 4.72 Å². The van der Waals surface area contributed by atoms with E-state index in [0.717, 1.165) is 36.6 Å². The van der Waals surface area contributed by atoms with Gasteiger partial charge in [-0.2, -0.15) is 26.7 Å². The highest BCUT2D eigenvalue weighted by Gasteiger charge is 2.53. The lowest BCUT2D eigenvalue weighted by Gasteiger charge is -2.41. The van der Waals surface area contributed by atoms with Gasteiger partial charge in [0.1, 0.15) is 5.75 Å². The fourth-order valence-corrected chi connectivity index (χ4v) is 8.92. The average Bonchev–Trinajstić information content (AvgIpc) is 3.75. The van der Waals surface area contributed by atoms with E-state index in [0.29, 0.717) is 47.4 Å². The van der Waals surface area contributed by atoms with Gasteiger partial charge in [0.05, 0.1) is 11.0 Å². The highest BCUT2D eigenvalue weighted by molar-refractivity contribution is 7.89. The van der Waals surface area contributed by atoms with Crippen LogP contribution in [0.3, 0.4) is 0 Å². The molecular formula is C39H39ClF5N3O6S. The lowest BCUT2D eigenvalue weighted by atomic mass is 9.94. The number of carboxylic acid groups (broad SMARTS) is 1. The van der Waals surface area contributed by atoms with E-state index in [1.165, 1.54) is 41.3 Å². The van der Waals surface area contributed by atoms with Crippen molar-refractivity contribution in [1.29, 1.82) is 0 Å². The molecule has 294 valence electrons. The molecule has 2 aliphatic heterocycles. The molecule has 3 aliphatic rings. The van der Waals surface area contributed by atoms with Crippen LogP contribution >= 0.6 is 11.6 Å². The fourth-order valence-electron chi connectivity index (χ4n) is 7.57. The molecule has 16 heteroatoms. The zero-order valence-electron chi connectivity index (χ0n) is 29.3. The van der Waals surface area contributed by atoms with Crippen molar-refractivity contribution in [2.45, 2.75) is 98.6 Å². The quantitative estimate of drug-likeness (QED) is 0.146. The van der Waals surface area contributed by atoms with E-state index in [1.807, 2.05) is 6.07 Å². The number of fused-ring (bicyclic) bond motifs is 3. The first-order chi connectivity index (χ1) is 25.9. The van der Waals surface area contributed by atoms with Crippen molar-refractivity contribution in [2.24, 2.45) is 5.73 Å². The summed E-state index contributed by atoms with van der Waals surface area (Å²) in [5.41, 5.74) is 7.17. The van der Waals surface area contributed by atoms with Gasteiger partial charge in [-0.1, -0.05) is 60.1 Å². The van der Waals surface area contributed by atoms with Crippen molar-refractivity contribution in [3.63, 3.8) is 0 Å². The van der Waals surface area contributed by atoms with E-state index in [1.54, 1.807) is 42.5 Å². The Morgan fingerprint density at radius 2 is 1.35 bits per heavy atom. The number of aliphatic carboxylic acids is 1. The Morgan fingerprint density at radius 1 is 0.818 bits per heavy atom. The maximum atomic E-state index is 16.6. The van der Waals surface area contributed by atoms with Gasteiger partial charge >= 0.3 is 12.1 Å². The fraction of sp³-hybridized carbons (Fsp3) is 0.385. The van der Waals surface area contributed by atoms with E-state index < -0.39 is 45.6 Å². The molecule has 4 N–H and O–H groups in total. The molecular weight excluding hydrogens is 769 g/mol. The van der Waals surface area contributed by atoms with Gasteiger partial charge in [-0.05, 0) is 110 Å². The molecule has 1 saturated carbocycles. The van der Waals surface area contributed by atoms with Gasteiger partial charge in [-0.25, -0.2) is 13.2 Å². The molecule has 3 fully saturated rings. The number of hydrogen-bond acceptors (Lipinski definition) is 6. The van der Waals surface area contributed by atoms with Crippen LogP contribution in [0.2, 0.25) is 5.02 Å². The van der Waals surface area contributed by atoms with Gasteiger partial charge in [-0.3, -0.25) is 4.79 Å². The molecule has 4 aromatic rings. The lowest BCUT2D eigenvalue weighted by Crippen LogP contribution is -2.60. The van der Waals surface area contributed by atoms with Crippen LogP contribution in [0.4, 0.5) is 22.0 Å². The van der Waals surface area contributed by atoms with Crippen LogP contribution in [0.5, 0.6) is 5.75 Å². The number of carboxylic acids is 1. The molecule has 3 unspecified atom stereocenters. The Bertz CT molecular complexity index is 2120. The van der Waals surface area contributed by atoms with Gasteiger partial charge in [-0.15, -0.1) is 0 Å². The van der Waals surface area contributed by atoms with Crippen LogP contribution in [0.1, 0.15) is 56.9 Å². The van der Waals surface area contributed by atoms with Crippen LogP contribution in [-0.4, -0.2) is 66.7 Å².